The number of carboxylic acids is 1. The molecule has 3 aromatic rings. The Morgan fingerprint density at radius 3 is 2.44 bits per heavy atom. The molecule has 0 spiro atoms. The topological polar surface area (TPSA) is 118 Å². The van der Waals surface area contributed by atoms with Gasteiger partial charge in [0, 0.05) is 18.4 Å². The van der Waals surface area contributed by atoms with Crippen LogP contribution in [0.1, 0.15) is 32.9 Å². The molecule has 3 rings (SSSR count). The van der Waals surface area contributed by atoms with Gasteiger partial charge in [-0.25, -0.2) is 14.3 Å². The van der Waals surface area contributed by atoms with Crippen LogP contribution in [-0.2, 0) is 10.0 Å². The lowest BCUT2D eigenvalue weighted by molar-refractivity contribution is 0.0697. The molecule has 0 atom stereocenters. The molecule has 0 saturated heterocycles. The van der Waals surface area contributed by atoms with Crippen LogP contribution in [0.25, 0.3) is 5.78 Å². The van der Waals surface area contributed by atoms with Crippen molar-refractivity contribution in [2.45, 2.75) is 32.9 Å². The van der Waals surface area contributed by atoms with Crippen molar-refractivity contribution in [3.8, 4) is 0 Å². The lowest BCUT2D eigenvalue weighted by Gasteiger charge is -2.22. The molecule has 0 aliphatic carbocycles. The summed E-state index contributed by atoms with van der Waals surface area (Å²) in [6.45, 7) is 7.00. The summed E-state index contributed by atoms with van der Waals surface area (Å²) in [5, 5.41) is 13.1. The van der Waals surface area contributed by atoms with Crippen LogP contribution in [0.4, 0.5) is 5.69 Å². The molecule has 1 aromatic carbocycles. The SMILES string of the molecule is Cc1cc(C)n2nc(S(=O)(=O)N(C)c3c(C(=O)O)ccc(C)c3C)nc2n1. The smallest absolute Gasteiger partial charge is 0.337 e. The van der Waals surface area contributed by atoms with E-state index >= 15 is 0 Å². The Morgan fingerprint density at radius 1 is 1.15 bits per heavy atom. The van der Waals surface area contributed by atoms with E-state index in [4.69, 9.17) is 0 Å². The molecule has 0 fully saturated rings. The highest BCUT2D eigenvalue weighted by atomic mass is 32.2. The van der Waals surface area contributed by atoms with Crippen LogP contribution in [0.5, 0.6) is 0 Å². The number of hydrogen-bond donors (Lipinski definition) is 1. The molecule has 142 valence electrons. The van der Waals surface area contributed by atoms with E-state index in [1.54, 1.807) is 39.8 Å². The van der Waals surface area contributed by atoms with E-state index in [0.29, 0.717) is 17.0 Å². The Labute approximate surface area is 156 Å². The molecule has 0 saturated carbocycles. The highest BCUT2D eigenvalue weighted by Gasteiger charge is 2.31. The van der Waals surface area contributed by atoms with Crippen LogP contribution >= 0.6 is 0 Å². The number of nitrogens with zero attached hydrogens (tertiary/aromatic N) is 5. The zero-order valence-electron chi connectivity index (χ0n) is 15.5. The molecular weight excluding hydrogens is 370 g/mol. The predicted octanol–water partition coefficient (Wildman–Crippen LogP) is 1.88. The molecule has 10 heteroatoms. The number of fused-ring (bicyclic) bond motifs is 1. The highest BCUT2D eigenvalue weighted by molar-refractivity contribution is 7.92. The van der Waals surface area contributed by atoms with Crippen LogP contribution in [0.3, 0.4) is 0 Å². The van der Waals surface area contributed by atoms with Crippen molar-refractivity contribution in [3.05, 3.63) is 46.3 Å². The minimum Gasteiger partial charge on any atom is -0.478 e. The van der Waals surface area contributed by atoms with Crippen LogP contribution in [0, 0.1) is 27.7 Å². The molecule has 0 amide bonds. The zero-order chi connectivity index (χ0) is 20.1. The lowest BCUT2D eigenvalue weighted by atomic mass is 10.0. The first-order chi connectivity index (χ1) is 12.5. The second-order valence-electron chi connectivity index (χ2n) is 6.33. The van der Waals surface area contributed by atoms with Gasteiger partial charge in [0.05, 0.1) is 11.3 Å². The summed E-state index contributed by atoms with van der Waals surface area (Å²) in [5.41, 5.74) is 2.67. The van der Waals surface area contributed by atoms with Crippen LogP contribution in [0.15, 0.2) is 23.4 Å². The summed E-state index contributed by atoms with van der Waals surface area (Å²) in [7, 11) is -2.90. The van der Waals surface area contributed by atoms with Gasteiger partial charge in [0.25, 0.3) is 10.9 Å². The normalized spacial score (nSPS) is 11.7. The van der Waals surface area contributed by atoms with Gasteiger partial charge in [-0.2, -0.15) is 13.4 Å². The van der Waals surface area contributed by atoms with Gasteiger partial charge >= 0.3 is 16.0 Å². The maximum atomic E-state index is 13.1. The third-order valence-electron chi connectivity index (χ3n) is 4.44. The molecular formula is C17H19N5O4S. The van der Waals surface area contributed by atoms with Crippen LogP contribution in [-0.4, -0.2) is 46.1 Å². The van der Waals surface area contributed by atoms with Crippen molar-refractivity contribution in [1.29, 1.82) is 0 Å². The van der Waals surface area contributed by atoms with Crippen molar-refractivity contribution in [3.63, 3.8) is 0 Å². The summed E-state index contributed by atoms with van der Waals surface area (Å²) in [6, 6.07) is 4.79. The number of hydrogen-bond acceptors (Lipinski definition) is 6. The summed E-state index contributed by atoms with van der Waals surface area (Å²) >= 11 is 0. The molecule has 1 N–H and O–H groups in total. The molecule has 0 bridgehead atoms. The summed E-state index contributed by atoms with van der Waals surface area (Å²) in [5.74, 6) is -1.05. The van der Waals surface area contributed by atoms with E-state index in [1.165, 1.54) is 17.6 Å². The first-order valence-corrected chi connectivity index (χ1v) is 9.51. The molecule has 2 heterocycles. The Hall–Kier alpha value is -3.01. The van der Waals surface area contributed by atoms with Crippen molar-refractivity contribution in [2.75, 3.05) is 11.4 Å². The van der Waals surface area contributed by atoms with E-state index in [9.17, 15) is 18.3 Å². The Morgan fingerprint density at radius 2 is 1.81 bits per heavy atom. The van der Waals surface area contributed by atoms with E-state index in [0.717, 1.165) is 9.87 Å². The minimum atomic E-state index is -4.19. The first kappa shape index (κ1) is 18.8. The number of aromatic carboxylic acids is 1. The lowest BCUT2D eigenvalue weighted by Crippen LogP contribution is -2.30. The van der Waals surface area contributed by atoms with E-state index in [-0.39, 0.29) is 17.0 Å². The third-order valence-corrected chi connectivity index (χ3v) is 5.98. The maximum absolute atomic E-state index is 13.1. The fourth-order valence-corrected chi connectivity index (χ4v) is 3.98. The van der Waals surface area contributed by atoms with Crippen LogP contribution in [0.2, 0.25) is 0 Å². The van der Waals surface area contributed by atoms with Crippen molar-refractivity contribution in [1.82, 2.24) is 19.6 Å². The molecule has 0 aliphatic heterocycles. The van der Waals surface area contributed by atoms with Gasteiger partial charge in [-0.15, -0.1) is 5.10 Å². The number of aryl methyl sites for hydroxylation is 3. The number of carboxylic acid groups (broad SMARTS) is 1. The molecule has 27 heavy (non-hydrogen) atoms. The van der Waals surface area contributed by atoms with Crippen molar-refractivity contribution >= 4 is 27.5 Å². The number of benzene rings is 1. The van der Waals surface area contributed by atoms with Crippen LogP contribution < -0.4 is 4.31 Å². The summed E-state index contributed by atoms with van der Waals surface area (Å²) in [4.78, 5) is 19.8. The number of anilines is 1. The maximum Gasteiger partial charge on any atom is 0.337 e. The van der Waals surface area contributed by atoms with Gasteiger partial charge in [0.15, 0.2) is 0 Å². The summed E-state index contributed by atoms with van der Waals surface area (Å²) in [6.07, 6.45) is 0. The average molecular weight is 389 g/mol. The van der Waals surface area contributed by atoms with E-state index in [2.05, 4.69) is 15.1 Å². The molecule has 2 aromatic heterocycles. The van der Waals surface area contributed by atoms with Crippen molar-refractivity contribution < 1.29 is 18.3 Å². The monoisotopic (exact) mass is 389 g/mol. The van der Waals surface area contributed by atoms with Gasteiger partial charge < -0.3 is 5.11 Å². The number of sulfonamides is 1. The molecule has 9 nitrogen and oxygen atoms in total. The number of aromatic nitrogens is 4. The predicted molar refractivity (Wildman–Crippen MR) is 98.7 cm³/mol. The fourth-order valence-electron chi connectivity index (χ4n) is 2.88. The van der Waals surface area contributed by atoms with Gasteiger partial charge in [0.2, 0.25) is 0 Å². The Bertz CT molecular complexity index is 1180. The average Bonchev–Trinajstić information content (AvgIpc) is 3.01. The van der Waals surface area contributed by atoms with Crippen molar-refractivity contribution in [2.24, 2.45) is 0 Å². The first-order valence-electron chi connectivity index (χ1n) is 8.07. The fraction of sp³-hybridized carbons (Fsp3) is 0.294. The van der Waals surface area contributed by atoms with E-state index in [1.807, 2.05) is 0 Å². The van der Waals surface area contributed by atoms with Gasteiger partial charge in [-0.3, -0.25) is 4.31 Å². The second kappa shape index (κ2) is 6.31. The van der Waals surface area contributed by atoms with Gasteiger partial charge in [-0.1, -0.05) is 6.07 Å². The number of rotatable bonds is 4. The number of carbonyl (C=O) groups is 1. The van der Waals surface area contributed by atoms with Gasteiger partial charge in [0.1, 0.15) is 0 Å². The molecule has 0 unspecified atom stereocenters. The van der Waals surface area contributed by atoms with E-state index < -0.39 is 21.1 Å². The standard InChI is InChI=1S/C17H19N5O4S/c1-9-6-7-13(15(23)24)14(12(9)4)21(5)27(25,26)17-19-16-18-10(2)8-11(3)22(16)20-17/h6-8H,1-5H3,(H,23,24). The second-order valence-corrected chi connectivity index (χ2v) is 8.19. The highest BCUT2D eigenvalue weighted by Crippen LogP contribution is 2.30. The molecule has 0 aliphatic rings. The third kappa shape index (κ3) is 3.01. The zero-order valence-corrected chi connectivity index (χ0v) is 16.4. The Kier molecular flexibility index (Phi) is 4.38. The van der Waals surface area contributed by atoms with Gasteiger partial charge in [-0.05, 0) is 51.0 Å². The summed E-state index contributed by atoms with van der Waals surface area (Å²) < 4.78 is 28.5. The Balaban J connectivity index is 2.21. The quantitative estimate of drug-likeness (QED) is 0.724. The largest absolute Gasteiger partial charge is 0.478 e. The minimum absolute atomic E-state index is 0.0854. The molecule has 0 radical (unpaired) electrons.